The Kier molecular flexibility index (Phi) is 10.0. The molecule has 0 saturated heterocycles. The van der Waals surface area contributed by atoms with E-state index in [9.17, 15) is 26.3 Å². The smallest absolute Gasteiger partial charge is 0.405 e. The minimum absolute atomic E-state index is 0. The molecule has 32 heavy (non-hydrogen) atoms. The first-order chi connectivity index (χ1) is 14.5. The number of halogens is 7. The summed E-state index contributed by atoms with van der Waals surface area (Å²) in [7, 11) is -2.42. The van der Waals surface area contributed by atoms with E-state index in [1.807, 2.05) is 0 Å². The largest absolute Gasteiger partial charge is 0.573 e. The third kappa shape index (κ3) is 7.14. The Morgan fingerprint density at radius 1 is 0.719 bits per heavy atom. The van der Waals surface area contributed by atoms with Crippen LogP contribution >= 0.6 is 18.9 Å². The quantitative estimate of drug-likeness (QED) is 0.143. The summed E-state index contributed by atoms with van der Waals surface area (Å²) in [4.78, 5) is 0. The van der Waals surface area contributed by atoms with E-state index in [4.69, 9.17) is 11.6 Å². The van der Waals surface area contributed by atoms with Crippen molar-refractivity contribution in [2.75, 3.05) is 0 Å². The first-order valence-electron chi connectivity index (χ1n) is 10.5. The normalized spacial score (nSPS) is 19.3. The number of alkyl halides is 6. The van der Waals surface area contributed by atoms with E-state index >= 15 is 0 Å². The molecule has 0 unspecified atom stereocenters. The molecule has 0 amide bonds. The third-order valence-corrected chi connectivity index (χ3v) is 12.2. The van der Waals surface area contributed by atoms with Gasteiger partial charge in [0.15, 0.2) is 0 Å². The Morgan fingerprint density at radius 2 is 1.09 bits per heavy atom. The van der Waals surface area contributed by atoms with Gasteiger partial charge in [-0.25, -0.2) is 0 Å². The van der Waals surface area contributed by atoms with Crippen molar-refractivity contribution in [3.05, 3.63) is 23.8 Å². The van der Waals surface area contributed by atoms with Crippen LogP contribution in [0.25, 0.3) is 0 Å². The number of hydrogen-bond acceptors (Lipinski definition) is 2. The Bertz CT molecular complexity index is 682. The molecule has 0 radical (unpaired) electrons. The van der Waals surface area contributed by atoms with Crippen LogP contribution in [0.1, 0.15) is 64.2 Å². The number of hydrogen-bond donors (Lipinski definition) is 0. The molecule has 11 heteroatoms. The SMILES string of the molecule is FC(F)(F)Oc1cc(OC(F)(F)F)cc([P+]([CH-]Cl)(C2CCCCC2)C2CCCCC2)c1.[Pd]. The van der Waals surface area contributed by atoms with E-state index in [2.05, 4.69) is 9.47 Å². The van der Waals surface area contributed by atoms with Crippen molar-refractivity contribution in [1.82, 2.24) is 0 Å². The molecule has 2 aliphatic rings. The molecule has 186 valence electrons. The third-order valence-electron chi connectivity index (χ3n) is 6.30. The fourth-order valence-corrected chi connectivity index (χ4v) is 11.4. The summed E-state index contributed by atoms with van der Waals surface area (Å²) in [6, 6.07) is 3.09. The molecule has 1 aromatic rings. The fraction of sp³-hybridized carbons (Fsp3) is 0.667. The summed E-state index contributed by atoms with van der Waals surface area (Å²) < 4.78 is 85.6. The second kappa shape index (κ2) is 11.5. The van der Waals surface area contributed by atoms with Gasteiger partial charge in [-0.2, -0.15) is 0 Å². The Morgan fingerprint density at radius 3 is 1.41 bits per heavy atom. The molecule has 0 aliphatic heterocycles. The van der Waals surface area contributed by atoms with Crippen LogP contribution in [-0.4, -0.2) is 24.0 Å². The van der Waals surface area contributed by atoms with Crippen molar-refractivity contribution in [1.29, 1.82) is 0 Å². The van der Waals surface area contributed by atoms with Gasteiger partial charge in [0.25, 0.3) is 0 Å². The molecular weight excluding hydrogens is 571 g/mol. The molecule has 0 bridgehead atoms. The summed E-state index contributed by atoms with van der Waals surface area (Å²) in [6.07, 6.45) is -0.523. The van der Waals surface area contributed by atoms with Gasteiger partial charge in [0, 0.05) is 49.9 Å². The second-order valence-electron chi connectivity index (χ2n) is 8.27. The molecule has 3 rings (SSSR count). The van der Waals surface area contributed by atoms with Gasteiger partial charge in [-0.3, -0.25) is 0 Å². The number of ether oxygens (including phenoxy) is 2. The van der Waals surface area contributed by atoms with Crippen LogP contribution in [0.3, 0.4) is 0 Å². The van der Waals surface area contributed by atoms with Gasteiger partial charge in [0.05, 0.1) is 5.30 Å². The molecule has 0 spiro atoms. The summed E-state index contributed by atoms with van der Waals surface area (Å²) >= 11 is 6.49. The van der Waals surface area contributed by atoms with Crippen LogP contribution in [0, 0.1) is 5.62 Å². The van der Waals surface area contributed by atoms with Gasteiger partial charge in [0.2, 0.25) is 0 Å². The minimum atomic E-state index is -5.03. The first kappa shape index (κ1) is 28.0. The molecule has 0 aromatic heterocycles. The van der Waals surface area contributed by atoms with Gasteiger partial charge < -0.3 is 21.1 Å². The van der Waals surface area contributed by atoms with Crippen LogP contribution in [0.15, 0.2) is 18.2 Å². The van der Waals surface area contributed by atoms with Gasteiger partial charge in [-0.1, -0.05) is 25.7 Å². The zero-order chi connectivity index (χ0) is 22.7. The van der Waals surface area contributed by atoms with Crippen LogP contribution in [-0.2, 0) is 20.4 Å². The molecule has 2 nitrogen and oxygen atoms in total. The molecule has 2 saturated carbocycles. The molecule has 0 atom stereocenters. The Labute approximate surface area is 203 Å². The monoisotopic (exact) mass is 596 g/mol. The van der Waals surface area contributed by atoms with E-state index in [1.165, 1.54) is 12.1 Å². The van der Waals surface area contributed by atoms with Crippen molar-refractivity contribution < 1.29 is 56.2 Å². The van der Waals surface area contributed by atoms with Crippen molar-refractivity contribution in [2.24, 2.45) is 0 Å². The topological polar surface area (TPSA) is 18.5 Å². The fourth-order valence-electron chi connectivity index (χ4n) is 5.12. The summed E-state index contributed by atoms with van der Waals surface area (Å²) in [5.41, 5.74) is 1.88. The maximum atomic E-state index is 12.9. The summed E-state index contributed by atoms with van der Waals surface area (Å²) in [6.45, 7) is 0. The van der Waals surface area contributed by atoms with Crippen LogP contribution in [0.5, 0.6) is 11.5 Å². The minimum Gasteiger partial charge on any atom is -0.405 e. The average Bonchev–Trinajstić information content (AvgIpc) is 2.68. The van der Waals surface area contributed by atoms with Crippen molar-refractivity contribution in [3.8, 4) is 11.5 Å². The van der Waals surface area contributed by atoms with E-state index in [1.54, 1.807) is 5.62 Å². The average molecular weight is 597 g/mol. The van der Waals surface area contributed by atoms with E-state index in [0.29, 0.717) is 11.4 Å². The molecule has 0 heterocycles. The summed E-state index contributed by atoms with van der Waals surface area (Å²) in [5.74, 6) is -1.42. The van der Waals surface area contributed by atoms with E-state index in [-0.39, 0.29) is 31.7 Å². The zero-order valence-electron chi connectivity index (χ0n) is 17.3. The van der Waals surface area contributed by atoms with Crippen molar-refractivity contribution in [3.63, 3.8) is 0 Å². The van der Waals surface area contributed by atoms with E-state index in [0.717, 1.165) is 64.2 Å². The molecule has 1 aromatic carbocycles. The predicted octanol–water partition coefficient (Wildman–Crippen LogP) is 8.15. The molecular formula is C21H26ClF6O2PPd. The second-order valence-corrected chi connectivity index (χ2v) is 12.7. The van der Waals surface area contributed by atoms with Crippen LogP contribution in [0.2, 0.25) is 0 Å². The molecule has 2 fully saturated rings. The maximum absolute atomic E-state index is 12.9. The van der Waals surface area contributed by atoms with Gasteiger partial charge >= 0.3 is 12.7 Å². The number of benzene rings is 1. The first-order valence-corrected chi connectivity index (χ1v) is 13.0. The zero-order valence-corrected chi connectivity index (χ0v) is 20.5. The van der Waals surface area contributed by atoms with Gasteiger partial charge in [0.1, 0.15) is 11.5 Å². The van der Waals surface area contributed by atoms with Crippen LogP contribution < -0.4 is 14.8 Å². The Hall–Kier alpha value is -0.218. The van der Waals surface area contributed by atoms with Crippen LogP contribution in [0.4, 0.5) is 26.3 Å². The molecule has 0 N–H and O–H groups in total. The molecule has 2 aliphatic carbocycles. The van der Waals surface area contributed by atoms with Crippen molar-refractivity contribution >= 4 is 24.2 Å². The Balaban J connectivity index is 0.00000363. The maximum Gasteiger partial charge on any atom is 0.573 e. The standard InChI is InChI=1S/C21H26ClF6O2P.Pd/c22-14-31(17-7-3-1-4-8-17,18-9-5-2-6-10-18)19-12-15(29-20(23,24)25)11-16(13-19)30-21(26,27)28;/h11-14,17-18H,1-10H2;. The van der Waals surface area contributed by atoms with E-state index < -0.39 is 31.5 Å². The summed E-state index contributed by atoms with van der Waals surface area (Å²) in [5, 5.41) is 0.405. The predicted molar refractivity (Wildman–Crippen MR) is 110 cm³/mol. The van der Waals surface area contributed by atoms with Gasteiger partial charge in [-0.05, 0) is 51.4 Å². The number of rotatable bonds is 6. The van der Waals surface area contributed by atoms with Gasteiger partial charge in [-0.15, -0.1) is 26.3 Å². The van der Waals surface area contributed by atoms with Crippen molar-refractivity contribution in [2.45, 2.75) is 88.3 Å².